The highest BCUT2D eigenvalue weighted by Crippen LogP contribution is 2.45. The van der Waals surface area contributed by atoms with Gasteiger partial charge in [0.05, 0.1) is 0 Å². The van der Waals surface area contributed by atoms with Gasteiger partial charge in [0.15, 0.2) is 5.78 Å². The van der Waals surface area contributed by atoms with Crippen molar-refractivity contribution in [3.63, 3.8) is 0 Å². The summed E-state index contributed by atoms with van der Waals surface area (Å²) < 4.78 is 1.76. The van der Waals surface area contributed by atoms with E-state index >= 15 is 0 Å². The van der Waals surface area contributed by atoms with Gasteiger partial charge in [-0.3, -0.25) is 4.79 Å². The van der Waals surface area contributed by atoms with Crippen LogP contribution in [-0.4, -0.2) is 20.5 Å². The zero-order valence-electron chi connectivity index (χ0n) is 15.4. The van der Waals surface area contributed by atoms with Crippen molar-refractivity contribution < 1.29 is 4.79 Å². The van der Waals surface area contributed by atoms with E-state index in [0.29, 0.717) is 17.4 Å². The number of Topliss-reactive ketones (excluding diaryl/α,β-unsaturated/α-hetero) is 1. The Kier molecular flexibility index (Phi) is 4.05. The summed E-state index contributed by atoms with van der Waals surface area (Å²) in [7, 11) is 0. The molecule has 6 heteroatoms. The highest BCUT2D eigenvalue weighted by molar-refractivity contribution is 6.31. The number of nitrogens with one attached hydrogen (secondary N) is 1. The second-order valence-electron chi connectivity index (χ2n) is 7.35. The third kappa shape index (κ3) is 2.66. The van der Waals surface area contributed by atoms with Crippen LogP contribution >= 0.6 is 11.6 Å². The standard InChI is InChI=1S/C22H19ClN4O/c1-13-6-2-3-7-15(13)14-10-18-20(19(28)11-14)21(16-8-4-5-9-17(16)23)27-22(26-18)24-12-25-27/h2-9,12,14,21H,10-11H2,1H3,(H,24,25,26). The molecular formula is C22H19ClN4O. The van der Waals surface area contributed by atoms with Crippen molar-refractivity contribution in [3.05, 3.63) is 87.8 Å². The first-order valence-corrected chi connectivity index (χ1v) is 9.74. The van der Waals surface area contributed by atoms with E-state index < -0.39 is 0 Å². The van der Waals surface area contributed by atoms with Gasteiger partial charge in [-0.2, -0.15) is 10.1 Å². The number of hydrogen-bond acceptors (Lipinski definition) is 4. The SMILES string of the molecule is Cc1ccccc1C1CC(=O)C2=C(C1)Nc1ncnn1C2c1ccccc1Cl. The van der Waals surface area contributed by atoms with Gasteiger partial charge in [-0.05, 0) is 36.5 Å². The number of halogens is 1. The van der Waals surface area contributed by atoms with E-state index in [0.717, 1.165) is 23.3 Å². The van der Waals surface area contributed by atoms with Crippen LogP contribution < -0.4 is 5.32 Å². The summed E-state index contributed by atoms with van der Waals surface area (Å²) in [4.78, 5) is 17.7. The van der Waals surface area contributed by atoms with Gasteiger partial charge < -0.3 is 5.32 Å². The first-order valence-electron chi connectivity index (χ1n) is 9.36. The third-order valence-electron chi connectivity index (χ3n) is 5.69. The van der Waals surface area contributed by atoms with Crippen molar-refractivity contribution in [1.29, 1.82) is 0 Å². The van der Waals surface area contributed by atoms with Crippen LogP contribution in [-0.2, 0) is 4.79 Å². The Balaban J connectivity index is 1.63. The maximum Gasteiger partial charge on any atom is 0.226 e. The summed E-state index contributed by atoms with van der Waals surface area (Å²) in [5, 5.41) is 8.35. The average molecular weight is 391 g/mol. The molecule has 1 N–H and O–H groups in total. The Hall–Kier alpha value is -2.92. The number of aryl methyl sites for hydroxylation is 1. The summed E-state index contributed by atoms with van der Waals surface area (Å²) in [6.45, 7) is 2.10. The smallest absolute Gasteiger partial charge is 0.226 e. The van der Waals surface area contributed by atoms with Crippen LogP contribution in [0.2, 0.25) is 5.02 Å². The molecule has 0 radical (unpaired) electrons. The number of allylic oxidation sites excluding steroid dienone is 2. The number of hydrogen-bond donors (Lipinski definition) is 1. The maximum absolute atomic E-state index is 13.3. The molecule has 0 spiro atoms. The number of aromatic nitrogens is 3. The fraction of sp³-hybridized carbons (Fsp3) is 0.227. The number of fused-ring (bicyclic) bond motifs is 1. The summed E-state index contributed by atoms with van der Waals surface area (Å²) in [5.74, 6) is 0.927. The quantitative estimate of drug-likeness (QED) is 0.691. The molecule has 2 atom stereocenters. The molecule has 140 valence electrons. The van der Waals surface area contributed by atoms with Crippen molar-refractivity contribution in [2.45, 2.75) is 31.7 Å². The average Bonchev–Trinajstić information content (AvgIpc) is 3.15. The highest BCUT2D eigenvalue weighted by atomic mass is 35.5. The number of ketones is 1. The fourth-order valence-corrected chi connectivity index (χ4v) is 4.64. The Labute approximate surface area is 168 Å². The molecule has 1 aliphatic heterocycles. The molecule has 3 aromatic rings. The van der Waals surface area contributed by atoms with Crippen molar-refractivity contribution in [2.75, 3.05) is 5.32 Å². The van der Waals surface area contributed by atoms with E-state index in [1.165, 1.54) is 17.5 Å². The van der Waals surface area contributed by atoms with Gasteiger partial charge in [-0.1, -0.05) is 54.1 Å². The van der Waals surface area contributed by atoms with Crippen molar-refractivity contribution >= 4 is 23.3 Å². The minimum atomic E-state index is -0.354. The number of nitrogens with zero attached hydrogens (tertiary/aromatic N) is 3. The number of anilines is 1. The zero-order valence-corrected chi connectivity index (χ0v) is 16.1. The topological polar surface area (TPSA) is 59.8 Å². The molecule has 2 heterocycles. The first kappa shape index (κ1) is 17.2. The Morgan fingerprint density at radius 3 is 2.61 bits per heavy atom. The molecule has 2 unspecified atom stereocenters. The van der Waals surface area contributed by atoms with Crippen LogP contribution in [0.4, 0.5) is 5.95 Å². The van der Waals surface area contributed by atoms with Crippen LogP contribution in [0.3, 0.4) is 0 Å². The molecule has 5 nitrogen and oxygen atoms in total. The molecular weight excluding hydrogens is 372 g/mol. The van der Waals surface area contributed by atoms with Gasteiger partial charge in [0.25, 0.3) is 0 Å². The Bertz CT molecular complexity index is 1120. The number of benzene rings is 2. The first-order chi connectivity index (χ1) is 13.6. The molecule has 0 amide bonds. The second-order valence-corrected chi connectivity index (χ2v) is 7.76. The lowest BCUT2D eigenvalue weighted by atomic mass is 9.77. The van der Waals surface area contributed by atoms with Crippen LogP contribution in [0.15, 0.2) is 66.1 Å². The fourth-order valence-electron chi connectivity index (χ4n) is 4.40. The molecule has 0 saturated carbocycles. The summed E-state index contributed by atoms with van der Waals surface area (Å²) in [5.41, 5.74) is 4.98. The molecule has 2 aliphatic rings. The summed E-state index contributed by atoms with van der Waals surface area (Å²) in [6, 6.07) is 15.6. The van der Waals surface area contributed by atoms with Gasteiger partial charge in [0, 0.05) is 28.3 Å². The van der Waals surface area contributed by atoms with Gasteiger partial charge >= 0.3 is 0 Å². The Morgan fingerprint density at radius 2 is 1.82 bits per heavy atom. The molecule has 0 saturated heterocycles. The molecule has 1 aromatic heterocycles. The van der Waals surface area contributed by atoms with E-state index in [2.05, 4.69) is 34.5 Å². The highest BCUT2D eigenvalue weighted by Gasteiger charge is 2.40. The molecule has 2 aromatic carbocycles. The molecule has 1 aliphatic carbocycles. The van der Waals surface area contributed by atoms with Gasteiger partial charge in [0.2, 0.25) is 5.95 Å². The number of carbonyl (C=O) groups is 1. The van der Waals surface area contributed by atoms with Crippen LogP contribution in [0.5, 0.6) is 0 Å². The predicted octanol–water partition coefficient (Wildman–Crippen LogP) is 4.66. The van der Waals surface area contributed by atoms with E-state index in [1.54, 1.807) is 4.68 Å². The second kappa shape index (κ2) is 6.60. The molecule has 0 fully saturated rings. The van der Waals surface area contributed by atoms with Crippen LogP contribution in [0.1, 0.15) is 41.5 Å². The summed E-state index contributed by atoms with van der Waals surface area (Å²) in [6.07, 6.45) is 2.75. The number of rotatable bonds is 2. The molecule has 28 heavy (non-hydrogen) atoms. The lowest BCUT2D eigenvalue weighted by Gasteiger charge is -2.35. The predicted molar refractivity (Wildman–Crippen MR) is 108 cm³/mol. The largest absolute Gasteiger partial charge is 0.328 e. The van der Waals surface area contributed by atoms with Crippen LogP contribution in [0, 0.1) is 6.92 Å². The van der Waals surface area contributed by atoms with E-state index in [4.69, 9.17) is 11.6 Å². The van der Waals surface area contributed by atoms with Crippen LogP contribution in [0.25, 0.3) is 0 Å². The molecule has 0 bridgehead atoms. The zero-order chi connectivity index (χ0) is 19.3. The van der Waals surface area contributed by atoms with Gasteiger partial charge in [-0.25, -0.2) is 4.68 Å². The maximum atomic E-state index is 13.3. The molecule has 5 rings (SSSR count). The Morgan fingerprint density at radius 1 is 1.07 bits per heavy atom. The van der Waals surface area contributed by atoms with Crippen molar-refractivity contribution in [2.24, 2.45) is 0 Å². The minimum absolute atomic E-state index is 0.132. The van der Waals surface area contributed by atoms with Crippen molar-refractivity contribution in [1.82, 2.24) is 14.8 Å². The monoisotopic (exact) mass is 390 g/mol. The lowest BCUT2D eigenvalue weighted by Crippen LogP contribution is -2.33. The number of carbonyl (C=O) groups excluding carboxylic acids is 1. The normalized spacial score (nSPS) is 21.1. The van der Waals surface area contributed by atoms with E-state index in [-0.39, 0.29) is 17.7 Å². The lowest BCUT2D eigenvalue weighted by molar-refractivity contribution is -0.116. The van der Waals surface area contributed by atoms with E-state index in [1.807, 2.05) is 36.4 Å². The van der Waals surface area contributed by atoms with Crippen molar-refractivity contribution in [3.8, 4) is 0 Å². The third-order valence-corrected chi connectivity index (χ3v) is 6.03. The summed E-state index contributed by atoms with van der Waals surface area (Å²) >= 11 is 6.50. The van der Waals surface area contributed by atoms with Gasteiger partial charge in [0.1, 0.15) is 12.4 Å². The minimum Gasteiger partial charge on any atom is -0.328 e. The van der Waals surface area contributed by atoms with E-state index in [9.17, 15) is 4.79 Å². The van der Waals surface area contributed by atoms with Gasteiger partial charge in [-0.15, -0.1) is 0 Å².